The van der Waals surface area contributed by atoms with Gasteiger partial charge in [-0.15, -0.1) is 0 Å². The number of thioether (sulfide) groups is 1. The van der Waals surface area contributed by atoms with Gasteiger partial charge < -0.3 is 9.47 Å². The molecule has 0 aliphatic carbocycles. The van der Waals surface area contributed by atoms with E-state index in [2.05, 4.69) is 0 Å². The highest BCUT2D eigenvalue weighted by Gasteiger charge is 2.36. The molecule has 4 nitrogen and oxygen atoms in total. The number of amides is 1. The summed E-state index contributed by atoms with van der Waals surface area (Å²) >= 11 is 6.26. The molecule has 35 heavy (non-hydrogen) atoms. The summed E-state index contributed by atoms with van der Waals surface area (Å²) in [6.07, 6.45) is -2.96. The summed E-state index contributed by atoms with van der Waals surface area (Å²) in [7, 11) is 1.47. The van der Waals surface area contributed by atoms with E-state index in [9.17, 15) is 22.4 Å². The van der Waals surface area contributed by atoms with E-state index in [0.29, 0.717) is 17.1 Å². The van der Waals surface area contributed by atoms with Crippen molar-refractivity contribution in [3.05, 3.63) is 94.1 Å². The number of methoxy groups -OCH3 is 1. The van der Waals surface area contributed by atoms with Gasteiger partial charge in [0.15, 0.2) is 15.8 Å². The zero-order valence-corrected chi connectivity index (χ0v) is 19.8. The maximum absolute atomic E-state index is 13.1. The van der Waals surface area contributed by atoms with Crippen LogP contribution in [-0.4, -0.2) is 17.3 Å². The van der Waals surface area contributed by atoms with Crippen LogP contribution in [0.25, 0.3) is 6.08 Å². The summed E-state index contributed by atoms with van der Waals surface area (Å²) in [5, 5.41) is 0. The molecule has 1 aliphatic heterocycles. The number of anilines is 1. The standard InChI is InChI=1S/C25H17F4NO3S2/c1-32-21-11-16(7-10-20(21)33-14-15-5-8-18(26)9-6-15)12-22-23(31)30(24(34)35-22)19-4-2-3-17(13-19)25(27,28)29/h2-13H,14H2,1H3. The fourth-order valence-corrected chi connectivity index (χ4v) is 4.60. The minimum atomic E-state index is -4.54. The molecule has 0 bridgehead atoms. The molecule has 1 heterocycles. The molecular weight excluding hydrogens is 502 g/mol. The van der Waals surface area contributed by atoms with Crippen molar-refractivity contribution in [2.45, 2.75) is 12.8 Å². The van der Waals surface area contributed by atoms with Crippen LogP contribution in [0.1, 0.15) is 16.7 Å². The van der Waals surface area contributed by atoms with Crippen LogP contribution in [0.2, 0.25) is 0 Å². The molecule has 0 aromatic heterocycles. The van der Waals surface area contributed by atoms with Crippen molar-refractivity contribution in [2.75, 3.05) is 12.0 Å². The smallest absolute Gasteiger partial charge is 0.416 e. The van der Waals surface area contributed by atoms with Gasteiger partial charge in [-0.25, -0.2) is 4.39 Å². The van der Waals surface area contributed by atoms with Crippen molar-refractivity contribution in [3.8, 4) is 11.5 Å². The van der Waals surface area contributed by atoms with E-state index in [1.54, 1.807) is 36.4 Å². The number of nitrogens with zero attached hydrogens (tertiary/aromatic N) is 1. The van der Waals surface area contributed by atoms with Gasteiger partial charge in [-0.1, -0.05) is 48.2 Å². The lowest BCUT2D eigenvalue weighted by Crippen LogP contribution is -2.27. The maximum atomic E-state index is 13.1. The zero-order valence-electron chi connectivity index (χ0n) is 18.1. The second-order valence-corrected chi connectivity index (χ2v) is 9.07. The Morgan fingerprint density at radius 1 is 1.03 bits per heavy atom. The molecular formula is C25H17F4NO3S2. The van der Waals surface area contributed by atoms with Crippen molar-refractivity contribution in [3.63, 3.8) is 0 Å². The van der Waals surface area contributed by atoms with Gasteiger partial charge in [-0.05, 0) is 59.7 Å². The van der Waals surface area contributed by atoms with Gasteiger partial charge in [-0.3, -0.25) is 9.69 Å². The van der Waals surface area contributed by atoms with Gasteiger partial charge >= 0.3 is 6.18 Å². The Bertz CT molecular complexity index is 1310. The molecule has 10 heteroatoms. The molecule has 1 fully saturated rings. The molecule has 1 saturated heterocycles. The monoisotopic (exact) mass is 519 g/mol. The van der Waals surface area contributed by atoms with Gasteiger partial charge in [0.1, 0.15) is 12.4 Å². The highest BCUT2D eigenvalue weighted by Crippen LogP contribution is 2.39. The Morgan fingerprint density at radius 3 is 2.46 bits per heavy atom. The first-order chi connectivity index (χ1) is 16.7. The largest absolute Gasteiger partial charge is 0.493 e. The number of alkyl halides is 3. The number of carbonyl (C=O) groups is 1. The molecule has 180 valence electrons. The highest BCUT2D eigenvalue weighted by molar-refractivity contribution is 8.27. The van der Waals surface area contributed by atoms with Crippen LogP contribution in [-0.2, 0) is 17.6 Å². The second-order valence-electron chi connectivity index (χ2n) is 7.39. The molecule has 3 aromatic rings. The average Bonchev–Trinajstić information content (AvgIpc) is 3.11. The summed E-state index contributed by atoms with van der Waals surface area (Å²) in [5.41, 5.74) is 0.568. The molecule has 1 aliphatic rings. The molecule has 0 radical (unpaired) electrons. The lowest BCUT2D eigenvalue weighted by atomic mass is 10.1. The van der Waals surface area contributed by atoms with E-state index in [-0.39, 0.29) is 27.3 Å². The average molecular weight is 520 g/mol. The number of benzene rings is 3. The highest BCUT2D eigenvalue weighted by atomic mass is 32.2. The lowest BCUT2D eigenvalue weighted by Gasteiger charge is -2.16. The Labute approximate surface area is 208 Å². The fraction of sp³-hybridized carbons (Fsp3) is 0.120. The fourth-order valence-electron chi connectivity index (χ4n) is 3.30. The first kappa shape index (κ1) is 24.7. The zero-order chi connectivity index (χ0) is 25.2. The van der Waals surface area contributed by atoms with Crippen LogP contribution in [0.4, 0.5) is 23.2 Å². The molecule has 3 aromatic carbocycles. The normalized spacial score (nSPS) is 15.1. The Morgan fingerprint density at radius 2 is 1.77 bits per heavy atom. The topological polar surface area (TPSA) is 38.8 Å². The first-order valence-electron chi connectivity index (χ1n) is 10.2. The van der Waals surface area contributed by atoms with Gasteiger partial charge in [0.05, 0.1) is 23.3 Å². The second kappa shape index (κ2) is 10.1. The maximum Gasteiger partial charge on any atom is 0.416 e. The number of hydrogen-bond acceptors (Lipinski definition) is 5. The minimum absolute atomic E-state index is 0.0489. The summed E-state index contributed by atoms with van der Waals surface area (Å²) < 4.78 is 63.6. The lowest BCUT2D eigenvalue weighted by molar-refractivity contribution is -0.137. The van der Waals surface area contributed by atoms with E-state index in [0.717, 1.165) is 34.4 Å². The molecule has 0 atom stereocenters. The summed E-state index contributed by atoms with van der Waals surface area (Å²) in [6.45, 7) is 0.200. The van der Waals surface area contributed by atoms with Gasteiger partial charge in [-0.2, -0.15) is 13.2 Å². The van der Waals surface area contributed by atoms with Crippen LogP contribution in [0.3, 0.4) is 0 Å². The number of rotatable bonds is 6. The minimum Gasteiger partial charge on any atom is -0.493 e. The van der Waals surface area contributed by atoms with Gasteiger partial charge in [0, 0.05) is 0 Å². The third kappa shape index (κ3) is 5.66. The van der Waals surface area contributed by atoms with Crippen LogP contribution in [0.15, 0.2) is 71.6 Å². The van der Waals surface area contributed by atoms with E-state index < -0.39 is 17.6 Å². The van der Waals surface area contributed by atoms with Crippen LogP contribution in [0, 0.1) is 5.82 Å². The van der Waals surface area contributed by atoms with Crippen molar-refractivity contribution < 1.29 is 31.8 Å². The predicted molar refractivity (Wildman–Crippen MR) is 131 cm³/mol. The summed E-state index contributed by atoms with van der Waals surface area (Å²) in [6, 6.07) is 15.4. The molecule has 1 amide bonds. The number of ether oxygens (including phenoxy) is 2. The molecule has 0 spiro atoms. The van der Waals surface area contributed by atoms with Crippen LogP contribution in [0.5, 0.6) is 11.5 Å². The third-order valence-electron chi connectivity index (χ3n) is 5.02. The van der Waals surface area contributed by atoms with Crippen LogP contribution >= 0.6 is 24.0 Å². The SMILES string of the molecule is COc1cc(C=C2SC(=S)N(c3cccc(C(F)(F)F)c3)C2=O)ccc1OCc1ccc(F)cc1. The number of halogens is 4. The predicted octanol–water partition coefficient (Wildman–Crippen LogP) is 6.84. The summed E-state index contributed by atoms with van der Waals surface area (Å²) in [4.78, 5) is 14.3. The van der Waals surface area contributed by atoms with Gasteiger partial charge in [0.2, 0.25) is 0 Å². The Hall–Kier alpha value is -3.37. The summed E-state index contributed by atoms with van der Waals surface area (Å²) in [5.74, 6) is 0.00351. The molecule has 0 saturated carbocycles. The molecule has 0 N–H and O–H groups in total. The Kier molecular flexibility index (Phi) is 7.13. The van der Waals surface area contributed by atoms with E-state index in [4.69, 9.17) is 21.7 Å². The van der Waals surface area contributed by atoms with Crippen molar-refractivity contribution in [2.24, 2.45) is 0 Å². The van der Waals surface area contributed by atoms with E-state index >= 15 is 0 Å². The third-order valence-corrected chi connectivity index (χ3v) is 6.32. The van der Waals surface area contributed by atoms with Crippen LogP contribution < -0.4 is 14.4 Å². The van der Waals surface area contributed by atoms with Crippen molar-refractivity contribution >= 4 is 46.0 Å². The molecule has 4 rings (SSSR count). The quantitative estimate of drug-likeness (QED) is 0.203. The number of hydrogen-bond donors (Lipinski definition) is 0. The van der Waals surface area contributed by atoms with E-state index in [1.807, 2.05) is 0 Å². The number of thiocarbonyl (C=S) groups is 1. The molecule has 0 unspecified atom stereocenters. The number of carbonyl (C=O) groups excluding carboxylic acids is 1. The first-order valence-corrected chi connectivity index (χ1v) is 11.4. The van der Waals surface area contributed by atoms with Gasteiger partial charge in [0.25, 0.3) is 5.91 Å². The Balaban J connectivity index is 1.54. The van der Waals surface area contributed by atoms with Crippen molar-refractivity contribution in [1.29, 1.82) is 0 Å². The van der Waals surface area contributed by atoms with E-state index in [1.165, 1.54) is 31.4 Å². The van der Waals surface area contributed by atoms with Crippen molar-refractivity contribution in [1.82, 2.24) is 0 Å².